The van der Waals surface area contributed by atoms with Crippen molar-refractivity contribution in [3.63, 3.8) is 0 Å². The number of hydrogen-bond acceptors (Lipinski definition) is 5. The first kappa shape index (κ1) is 15.0. The van der Waals surface area contributed by atoms with Gasteiger partial charge in [0.15, 0.2) is 17.5 Å². The molecule has 0 radical (unpaired) electrons. The van der Waals surface area contributed by atoms with Gasteiger partial charge in [-0.2, -0.15) is 15.0 Å². The lowest BCUT2D eigenvalue weighted by atomic mass is 10.2. The molecule has 0 fully saturated rings. The molecule has 0 amide bonds. The van der Waals surface area contributed by atoms with E-state index in [4.69, 9.17) is 4.74 Å². The van der Waals surface area contributed by atoms with Gasteiger partial charge in [0.05, 0.1) is 11.7 Å². The molecule has 0 aliphatic heterocycles. The normalized spacial score (nSPS) is 10.8. The van der Waals surface area contributed by atoms with E-state index in [0.29, 0.717) is 12.1 Å². The van der Waals surface area contributed by atoms with Crippen LogP contribution in [0.25, 0.3) is 11.4 Å². The molecule has 1 aromatic heterocycles. The van der Waals surface area contributed by atoms with Crippen LogP contribution in [0.5, 0.6) is 6.01 Å². The van der Waals surface area contributed by atoms with Crippen molar-refractivity contribution in [3.05, 3.63) is 29.6 Å². The zero-order valence-corrected chi connectivity index (χ0v) is 11.6. The van der Waals surface area contributed by atoms with Crippen molar-refractivity contribution < 1.29 is 17.9 Å². The first-order chi connectivity index (χ1) is 9.90. The summed E-state index contributed by atoms with van der Waals surface area (Å²) in [5, 5.41) is 2.66. The SMILES string of the molecule is CNc1nc(OC(C)C)nc(-c2cc(F)c(F)cc2F)n1. The lowest BCUT2D eigenvalue weighted by molar-refractivity contribution is 0.222. The molecule has 0 aliphatic carbocycles. The Morgan fingerprint density at radius 1 is 1.00 bits per heavy atom. The van der Waals surface area contributed by atoms with E-state index in [9.17, 15) is 13.2 Å². The van der Waals surface area contributed by atoms with E-state index in [-0.39, 0.29) is 29.5 Å². The van der Waals surface area contributed by atoms with Gasteiger partial charge >= 0.3 is 6.01 Å². The van der Waals surface area contributed by atoms with Crippen LogP contribution in [-0.4, -0.2) is 28.1 Å². The lowest BCUT2D eigenvalue weighted by Gasteiger charge is -2.10. The average molecular weight is 298 g/mol. The summed E-state index contributed by atoms with van der Waals surface area (Å²) in [7, 11) is 1.56. The van der Waals surface area contributed by atoms with E-state index in [1.165, 1.54) is 0 Å². The predicted molar refractivity (Wildman–Crippen MR) is 70.4 cm³/mol. The van der Waals surface area contributed by atoms with E-state index >= 15 is 0 Å². The molecule has 0 atom stereocenters. The highest BCUT2D eigenvalue weighted by Crippen LogP contribution is 2.24. The zero-order chi connectivity index (χ0) is 15.6. The number of halogens is 3. The summed E-state index contributed by atoms with van der Waals surface area (Å²) < 4.78 is 45.3. The van der Waals surface area contributed by atoms with Gasteiger partial charge in [-0.15, -0.1) is 0 Å². The van der Waals surface area contributed by atoms with Crippen LogP contribution in [0.2, 0.25) is 0 Å². The second kappa shape index (κ2) is 5.94. The van der Waals surface area contributed by atoms with Gasteiger partial charge in [0.1, 0.15) is 5.82 Å². The summed E-state index contributed by atoms with van der Waals surface area (Å²) >= 11 is 0. The molecule has 1 N–H and O–H groups in total. The molecule has 8 heteroatoms. The predicted octanol–water partition coefficient (Wildman–Crippen LogP) is 2.78. The summed E-state index contributed by atoms with van der Waals surface area (Å²) in [4.78, 5) is 11.8. The van der Waals surface area contributed by atoms with E-state index in [1.807, 2.05) is 0 Å². The van der Waals surface area contributed by atoms with Crippen molar-refractivity contribution in [1.29, 1.82) is 0 Å². The third kappa shape index (κ3) is 3.39. The number of ether oxygens (including phenoxy) is 1. The standard InChI is InChI=1S/C13H13F3N4O/c1-6(2)21-13-19-11(18-12(17-3)20-13)7-4-9(15)10(16)5-8(7)14/h4-6H,1-3H3,(H,17,18,19,20). The number of nitrogens with zero attached hydrogens (tertiary/aromatic N) is 3. The van der Waals surface area contributed by atoms with E-state index in [2.05, 4.69) is 20.3 Å². The maximum absolute atomic E-state index is 13.8. The Bertz CT molecular complexity index is 664. The fourth-order valence-electron chi connectivity index (χ4n) is 1.55. The van der Waals surface area contributed by atoms with Crippen LogP contribution in [0.3, 0.4) is 0 Å². The molecule has 0 unspecified atom stereocenters. The molecule has 0 saturated heterocycles. The molecule has 0 spiro atoms. The topological polar surface area (TPSA) is 59.9 Å². The average Bonchev–Trinajstić information content (AvgIpc) is 2.41. The fourth-order valence-corrected chi connectivity index (χ4v) is 1.55. The zero-order valence-electron chi connectivity index (χ0n) is 11.6. The molecular weight excluding hydrogens is 285 g/mol. The van der Waals surface area contributed by atoms with E-state index in [1.54, 1.807) is 20.9 Å². The summed E-state index contributed by atoms with van der Waals surface area (Å²) in [5.41, 5.74) is -0.276. The molecule has 1 aromatic carbocycles. The van der Waals surface area contributed by atoms with Crippen molar-refractivity contribution in [2.45, 2.75) is 20.0 Å². The molecule has 0 saturated carbocycles. The molecule has 5 nitrogen and oxygen atoms in total. The molecule has 0 aliphatic rings. The first-order valence-electron chi connectivity index (χ1n) is 6.16. The number of benzene rings is 1. The van der Waals surface area contributed by atoms with Gasteiger partial charge in [0.2, 0.25) is 5.95 Å². The Hall–Kier alpha value is -2.38. The van der Waals surface area contributed by atoms with Crippen LogP contribution in [0, 0.1) is 17.5 Å². The van der Waals surface area contributed by atoms with Gasteiger partial charge in [-0.05, 0) is 19.9 Å². The number of nitrogens with one attached hydrogen (secondary N) is 1. The van der Waals surface area contributed by atoms with Gasteiger partial charge in [-0.1, -0.05) is 0 Å². The van der Waals surface area contributed by atoms with Gasteiger partial charge in [0, 0.05) is 13.1 Å². The first-order valence-corrected chi connectivity index (χ1v) is 6.16. The van der Waals surface area contributed by atoms with Crippen LogP contribution in [0.15, 0.2) is 12.1 Å². The van der Waals surface area contributed by atoms with Gasteiger partial charge in [0.25, 0.3) is 0 Å². The number of anilines is 1. The summed E-state index contributed by atoms with van der Waals surface area (Å²) in [6, 6.07) is 1.10. The lowest BCUT2D eigenvalue weighted by Crippen LogP contribution is -2.11. The van der Waals surface area contributed by atoms with Crippen LogP contribution < -0.4 is 10.1 Å². The quantitative estimate of drug-likeness (QED) is 0.880. The van der Waals surface area contributed by atoms with Crippen molar-refractivity contribution in [2.75, 3.05) is 12.4 Å². The number of hydrogen-bond donors (Lipinski definition) is 1. The fraction of sp³-hybridized carbons (Fsp3) is 0.308. The van der Waals surface area contributed by atoms with Crippen molar-refractivity contribution in [1.82, 2.24) is 15.0 Å². The largest absolute Gasteiger partial charge is 0.461 e. The van der Waals surface area contributed by atoms with Gasteiger partial charge < -0.3 is 10.1 Å². The second-order valence-electron chi connectivity index (χ2n) is 4.43. The molecule has 0 bridgehead atoms. The maximum Gasteiger partial charge on any atom is 0.322 e. The Kier molecular flexibility index (Phi) is 4.25. The Labute approximate surface area is 119 Å². The minimum atomic E-state index is -1.28. The highest BCUT2D eigenvalue weighted by atomic mass is 19.2. The van der Waals surface area contributed by atoms with Gasteiger partial charge in [-0.25, -0.2) is 13.2 Å². The Morgan fingerprint density at radius 2 is 1.67 bits per heavy atom. The highest BCUT2D eigenvalue weighted by molar-refractivity contribution is 5.57. The van der Waals surface area contributed by atoms with E-state index < -0.39 is 17.5 Å². The highest BCUT2D eigenvalue weighted by Gasteiger charge is 2.16. The van der Waals surface area contributed by atoms with Gasteiger partial charge in [-0.3, -0.25) is 0 Å². The van der Waals surface area contributed by atoms with Crippen LogP contribution >= 0.6 is 0 Å². The molecular formula is C13H13F3N4O. The van der Waals surface area contributed by atoms with Crippen molar-refractivity contribution >= 4 is 5.95 Å². The Balaban J connectivity index is 2.55. The number of aromatic nitrogens is 3. The summed E-state index contributed by atoms with van der Waals surface area (Å²) in [6.45, 7) is 3.53. The van der Waals surface area contributed by atoms with Crippen LogP contribution in [0.1, 0.15) is 13.8 Å². The van der Waals surface area contributed by atoms with Crippen LogP contribution in [-0.2, 0) is 0 Å². The smallest absolute Gasteiger partial charge is 0.322 e. The van der Waals surface area contributed by atoms with Crippen molar-refractivity contribution in [2.24, 2.45) is 0 Å². The molecule has 1 heterocycles. The monoisotopic (exact) mass is 298 g/mol. The van der Waals surface area contributed by atoms with E-state index in [0.717, 1.165) is 0 Å². The Morgan fingerprint density at radius 3 is 2.29 bits per heavy atom. The molecule has 2 aromatic rings. The molecule has 21 heavy (non-hydrogen) atoms. The van der Waals surface area contributed by atoms with Crippen molar-refractivity contribution in [3.8, 4) is 17.4 Å². The third-order valence-corrected chi connectivity index (χ3v) is 2.43. The minimum Gasteiger partial charge on any atom is -0.461 e. The molecule has 112 valence electrons. The third-order valence-electron chi connectivity index (χ3n) is 2.43. The summed E-state index contributed by atoms with van der Waals surface area (Å²) in [5.74, 6) is -3.47. The second-order valence-corrected chi connectivity index (χ2v) is 4.43. The number of rotatable bonds is 4. The maximum atomic E-state index is 13.8. The minimum absolute atomic E-state index is 0.0384. The molecule has 2 rings (SSSR count). The summed E-state index contributed by atoms with van der Waals surface area (Å²) in [6.07, 6.45) is -0.209. The van der Waals surface area contributed by atoms with Crippen LogP contribution in [0.4, 0.5) is 19.1 Å².